The Morgan fingerprint density at radius 1 is 1.27 bits per heavy atom. The number of carbonyl (C=O) groups excluding carboxylic acids is 1. The molecule has 1 aromatic carbocycles. The lowest BCUT2D eigenvalue weighted by Crippen LogP contribution is -2.40. The van der Waals surface area contributed by atoms with Crippen LogP contribution in [0.15, 0.2) is 29.2 Å². The van der Waals surface area contributed by atoms with Crippen LogP contribution in [-0.4, -0.2) is 62.9 Å². The Morgan fingerprint density at radius 2 is 1.82 bits per heavy atom. The zero-order valence-electron chi connectivity index (χ0n) is 12.6. The molecule has 0 aromatic heterocycles. The molecule has 1 N–H and O–H groups in total. The van der Waals surface area contributed by atoms with Crippen molar-refractivity contribution in [2.24, 2.45) is 0 Å². The second-order valence-electron chi connectivity index (χ2n) is 4.77. The Labute approximate surface area is 129 Å². The van der Waals surface area contributed by atoms with Crippen molar-refractivity contribution < 1.29 is 27.9 Å². The highest BCUT2D eigenvalue weighted by molar-refractivity contribution is 7.91. The van der Waals surface area contributed by atoms with Crippen LogP contribution in [0.25, 0.3) is 0 Å². The van der Waals surface area contributed by atoms with E-state index in [1.807, 2.05) is 0 Å². The summed E-state index contributed by atoms with van der Waals surface area (Å²) < 4.78 is 28.6. The molecular weight excluding hydrogens is 310 g/mol. The molecule has 1 rings (SSSR count). The van der Waals surface area contributed by atoms with Gasteiger partial charge in [-0.1, -0.05) is 0 Å². The third kappa shape index (κ3) is 4.28. The summed E-state index contributed by atoms with van der Waals surface area (Å²) in [5.41, 5.74) is 0.223. The molecule has 8 heteroatoms. The summed E-state index contributed by atoms with van der Waals surface area (Å²) >= 11 is 0. The fraction of sp³-hybridized carbons (Fsp3) is 0.429. The standard InChI is InChI=1S/C14H19NO6S/c1-10(14(17)18)15(2)13(16)11-4-6-12(7-5-11)22(19,20)9-8-21-3/h4-7,10H,8-9H2,1-3H3,(H,17,18). The van der Waals surface area contributed by atoms with Gasteiger partial charge < -0.3 is 14.7 Å². The number of benzene rings is 1. The summed E-state index contributed by atoms with van der Waals surface area (Å²) in [4.78, 5) is 24.2. The molecule has 1 atom stereocenters. The van der Waals surface area contributed by atoms with Crippen molar-refractivity contribution in [3.8, 4) is 0 Å². The van der Waals surface area contributed by atoms with E-state index in [9.17, 15) is 18.0 Å². The van der Waals surface area contributed by atoms with Crippen LogP contribution in [0.3, 0.4) is 0 Å². The Bertz CT molecular complexity index is 638. The molecule has 0 aliphatic heterocycles. The molecule has 0 aliphatic carbocycles. The number of carboxylic acid groups (broad SMARTS) is 1. The minimum atomic E-state index is -3.46. The zero-order valence-corrected chi connectivity index (χ0v) is 13.5. The molecule has 7 nitrogen and oxygen atoms in total. The minimum Gasteiger partial charge on any atom is -0.480 e. The van der Waals surface area contributed by atoms with Crippen LogP contribution in [-0.2, 0) is 19.4 Å². The highest BCUT2D eigenvalue weighted by Gasteiger charge is 2.23. The first-order valence-electron chi connectivity index (χ1n) is 6.52. The largest absolute Gasteiger partial charge is 0.480 e. The third-order valence-electron chi connectivity index (χ3n) is 3.28. The van der Waals surface area contributed by atoms with Gasteiger partial charge in [0, 0.05) is 19.7 Å². The van der Waals surface area contributed by atoms with E-state index in [-0.39, 0.29) is 22.8 Å². The summed E-state index contributed by atoms with van der Waals surface area (Å²) in [6, 6.07) is 4.42. The first-order valence-corrected chi connectivity index (χ1v) is 8.17. The fourth-order valence-corrected chi connectivity index (χ4v) is 2.83. The number of amides is 1. The summed E-state index contributed by atoms with van der Waals surface area (Å²) in [5, 5.41) is 8.90. The number of aliphatic carboxylic acids is 1. The number of nitrogens with zero attached hydrogens (tertiary/aromatic N) is 1. The average Bonchev–Trinajstić information content (AvgIpc) is 2.50. The molecule has 0 aliphatic rings. The Hall–Kier alpha value is -1.93. The topological polar surface area (TPSA) is 101 Å². The number of rotatable bonds is 7. The molecule has 0 radical (unpaired) electrons. The van der Waals surface area contributed by atoms with Crippen molar-refractivity contribution in [2.75, 3.05) is 26.5 Å². The van der Waals surface area contributed by atoms with Crippen LogP contribution in [0.1, 0.15) is 17.3 Å². The van der Waals surface area contributed by atoms with E-state index in [1.54, 1.807) is 0 Å². The molecule has 0 saturated carbocycles. The zero-order chi connectivity index (χ0) is 16.9. The Kier molecular flexibility index (Phi) is 6.07. The predicted octanol–water partition coefficient (Wildman–Crippen LogP) is 0.652. The number of methoxy groups -OCH3 is 1. The SMILES string of the molecule is COCCS(=O)(=O)c1ccc(C(=O)N(C)C(C)C(=O)O)cc1. The van der Waals surface area contributed by atoms with Gasteiger partial charge in [-0.3, -0.25) is 4.79 Å². The van der Waals surface area contributed by atoms with Gasteiger partial charge in [0.1, 0.15) is 6.04 Å². The molecule has 122 valence electrons. The predicted molar refractivity (Wildman–Crippen MR) is 79.6 cm³/mol. The molecule has 0 saturated heterocycles. The van der Waals surface area contributed by atoms with Gasteiger partial charge in [-0.05, 0) is 31.2 Å². The average molecular weight is 329 g/mol. The highest BCUT2D eigenvalue weighted by atomic mass is 32.2. The van der Waals surface area contributed by atoms with Crippen molar-refractivity contribution in [1.29, 1.82) is 0 Å². The van der Waals surface area contributed by atoms with Gasteiger partial charge in [-0.15, -0.1) is 0 Å². The maximum absolute atomic E-state index is 12.1. The van der Waals surface area contributed by atoms with E-state index in [2.05, 4.69) is 0 Å². The van der Waals surface area contributed by atoms with Crippen molar-refractivity contribution >= 4 is 21.7 Å². The summed E-state index contributed by atoms with van der Waals surface area (Å²) in [7, 11) is -0.666. The van der Waals surface area contributed by atoms with Crippen LogP contribution in [0.4, 0.5) is 0 Å². The van der Waals surface area contributed by atoms with Gasteiger partial charge in [-0.2, -0.15) is 0 Å². The van der Waals surface area contributed by atoms with Crippen molar-refractivity contribution in [2.45, 2.75) is 17.9 Å². The summed E-state index contributed by atoms with van der Waals surface area (Å²) in [5.74, 6) is -1.75. The third-order valence-corrected chi connectivity index (χ3v) is 4.97. The molecule has 1 amide bonds. The van der Waals surface area contributed by atoms with E-state index in [0.717, 1.165) is 4.90 Å². The van der Waals surface area contributed by atoms with E-state index in [0.29, 0.717) is 0 Å². The van der Waals surface area contributed by atoms with Crippen LogP contribution < -0.4 is 0 Å². The Balaban J connectivity index is 2.93. The summed E-state index contributed by atoms with van der Waals surface area (Å²) in [6.45, 7) is 1.48. The van der Waals surface area contributed by atoms with Gasteiger partial charge in [0.05, 0.1) is 17.3 Å². The lowest BCUT2D eigenvalue weighted by atomic mass is 10.2. The van der Waals surface area contributed by atoms with E-state index < -0.39 is 27.8 Å². The fourth-order valence-electron chi connectivity index (χ4n) is 1.66. The van der Waals surface area contributed by atoms with Gasteiger partial charge in [0.25, 0.3) is 5.91 Å². The van der Waals surface area contributed by atoms with Gasteiger partial charge in [-0.25, -0.2) is 13.2 Å². The normalized spacial score (nSPS) is 12.7. The second-order valence-corrected chi connectivity index (χ2v) is 6.88. The lowest BCUT2D eigenvalue weighted by molar-refractivity contribution is -0.141. The van der Waals surface area contributed by atoms with Crippen molar-refractivity contribution in [3.63, 3.8) is 0 Å². The quantitative estimate of drug-likeness (QED) is 0.788. The van der Waals surface area contributed by atoms with E-state index in [1.165, 1.54) is 45.3 Å². The molecule has 0 fully saturated rings. The van der Waals surface area contributed by atoms with E-state index >= 15 is 0 Å². The number of sulfone groups is 1. The molecule has 1 aromatic rings. The highest BCUT2D eigenvalue weighted by Crippen LogP contribution is 2.14. The van der Waals surface area contributed by atoms with Crippen molar-refractivity contribution in [1.82, 2.24) is 4.90 Å². The van der Waals surface area contributed by atoms with Crippen LogP contribution in [0, 0.1) is 0 Å². The monoisotopic (exact) mass is 329 g/mol. The molecule has 1 unspecified atom stereocenters. The molecule has 22 heavy (non-hydrogen) atoms. The minimum absolute atomic E-state index is 0.0852. The molecule has 0 spiro atoms. The Morgan fingerprint density at radius 3 is 2.27 bits per heavy atom. The number of hydrogen-bond acceptors (Lipinski definition) is 5. The number of hydrogen-bond donors (Lipinski definition) is 1. The van der Waals surface area contributed by atoms with Crippen molar-refractivity contribution in [3.05, 3.63) is 29.8 Å². The van der Waals surface area contributed by atoms with Crippen LogP contribution >= 0.6 is 0 Å². The van der Waals surface area contributed by atoms with Gasteiger partial charge >= 0.3 is 5.97 Å². The number of carboxylic acids is 1. The molecule has 0 heterocycles. The lowest BCUT2D eigenvalue weighted by Gasteiger charge is -2.21. The van der Waals surface area contributed by atoms with Crippen LogP contribution in [0.2, 0.25) is 0 Å². The number of ether oxygens (including phenoxy) is 1. The number of likely N-dealkylation sites (N-methyl/N-ethyl adjacent to an activating group) is 1. The first kappa shape index (κ1) is 18.1. The first-order chi connectivity index (χ1) is 10.2. The van der Waals surface area contributed by atoms with Gasteiger partial charge in [0.2, 0.25) is 0 Å². The maximum atomic E-state index is 12.1. The molecular formula is C14H19NO6S. The van der Waals surface area contributed by atoms with Crippen LogP contribution in [0.5, 0.6) is 0 Å². The molecule has 0 bridgehead atoms. The van der Waals surface area contributed by atoms with E-state index in [4.69, 9.17) is 9.84 Å². The second kappa shape index (κ2) is 7.37. The smallest absolute Gasteiger partial charge is 0.326 e. The maximum Gasteiger partial charge on any atom is 0.326 e. The number of carbonyl (C=O) groups is 2. The van der Waals surface area contributed by atoms with Gasteiger partial charge in [0.15, 0.2) is 9.84 Å². The summed E-state index contributed by atoms with van der Waals surface area (Å²) in [6.07, 6.45) is 0.